The molecule has 0 spiro atoms. The van der Waals surface area contributed by atoms with Crippen molar-refractivity contribution in [3.8, 4) is 0 Å². The molecule has 2 amide bonds. The van der Waals surface area contributed by atoms with E-state index in [0.29, 0.717) is 17.1 Å². The number of primary amides is 1. The fourth-order valence-electron chi connectivity index (χ4n) is 2.55. The van der Waals surface area contributed by atoms with E-state index in [-0.39, 0.29) is 37.4 Å². The number of nitrogens with zero attached hydrogens (tertiary/aromatic N) is 1. The van der Waals surface area contributed by atoms with Crippen molar-refractivity contribution in [2.24, 2.45) is 5.73 Å². The Morgan fingerprint density at radius 3 is 2.12 bits per heavy atom. The van der Waals surface area contributed by atoms with Crippen molar-refractivity contribution in [1.82, 2.24) is 0 Å². The fourth-order valence-corrected chi connectivity index (χ4v) is 2.55. The average Bonchev–Trinajstić information content (AvgIpc) is 2.61. The number of benzene rings is 2. The molecular weight excluding hydrogens is 330 g/mol. The third kappa shape index (κ3) is 5.17. The van der Waals surface area contributed by atoms with E-state index in [4.69, 9.17) is 11.5 Å². The minimum atomic E-state index is -0.525. The largest absolute Gasteiger partial charge is 0.397 e. The lowest BCUT2D eigenvalue weighted by Crippen LogP contribution is -2.27. The van der Waals surface area contributed by atoms with Gasteiger partial charge in [0.2, 0.25) is 11.8 Å². The van der Waals surface area contributed by atoms with Crippen molar-refractivity contribution in [3.63, 3.8) is 0 Å². The number of aryl methyl sites for hydroxylation is 1. The monoisotopic (exact) mass is 353 g/mol. The molecule has 0 atom stereocenters. The lowest BCUT2D eigenvalue weighted by molar-refractivity contribution is -0.125. The van der Waals surface area contributed by atoms with Crippen molar-refractivity contribution >= 4 is 34.7 Å². The number of amides is 2. The highest BCUT2D eigenvalue weighted by Gasteiger charge is 2.20. The van der Waals surface area contributed by atoms with Crippen LogP contribution in [0.3, 0.4) is 0 Å². The Morgan fingerprint density at radius 1 is 0.885 bits per heavy atom. The summed E-state index contributed by atoms with van der Waals surface area (Å²) in [4.78, 5) is 37.0. The van der Waals surface area contributed by atoms with Crippen LogP contribution < -0.4 is 16.4 Å². The Labute approximate surface area is 152 Å². The predicted molar refractivity (Wildman–Crippen MR) is 102 cm³/mol. The first-order chi connectivity index (χ1) is 12.4. The maximum absolute atomic E-state index is 12.9. The predicted octanol–water partition coefficient (Wildman–Crippen LogP) is 2.86. The number of nitrogen functional groups attached to an aromatic ring is 1. The topological polar surface area (TPSA) is 106 Å². The number of carbonyl (C=O) groups is 3. The summed E-state index contributed by atoms with van der Waals surface area (Å²) in [5, 5.41) is 0. The van der Waals surface area contributed by atoms with Gasteiger partial charge in [0.05, 0.1) is 11.4 Å². The van der Waals surface area contributed by atoms with Gasteiger partial charge in [-0.1, -0.05) is 29.8 Å². The molecule has 0 unspecified atom stereocenters. The number of rotatable bonds is 8. The van der Waals surface area contributed by atoms with E-state index >= 15 is 0 Å². The van der Waals surface area contributed by atoms with Gasteiger partial charge in [-0.25, -0.2) is 0 Å². The molecule has 0 aliphatic rings. The summed E-state index contributed by atoms with van der Waals surface area (Å²) >= 11 is 0. The van der Waals surface area contributed by atoms with Gasteiger partial charge in [0, 0.05) is 31.4 Å². The van der Waals surface area contributed by atoms with Gasteiger partial charge in [-0.05, 0) is 31.2 Å². The maximum Gasteiger partial charge on any atom is 0.232 e. The first kappa shape index (κ1) is 19.2. The van der Waals surface area contributed by atoms with Gasteiger partial charge in [0.25, 0.3) is 0 Å². The molecule has 2 aromatic carbocycles. The second-order valence-corrected chi connectivity index (χ2v) is 6.13. The van der Waals surface area contributed by atoms with Crippen LogP contribution in [0, 0.1) is 6.92 Å². The van der Waals surface area contributed by atoms with Crippen LogP contribution in [0.1, 0.15) is 31.2 Å². The quantitative estimate of drug-likeness (QED) is 0.712. The normalized spacial score (nSPS) is 10.3. The minimum Gasteiger partial charge on any atom is -0.397 e. The third-order valence-corrected chi connectivity index (χ3v) is 3.99. The summed E-state index contributed by atoms with van der Waals surface area (Å²) in [7, 11) is 0. The molecule has 0 saturated carbocycles. The van der Waals surface area contributed by atoms with Crippen LogP contribution in [0.4, 0.5) is 17.1 Å². The standard InChI is InChI=1S/C20H23N3O3/c1-14-6-8-15(9-7-14)23(18-5-3-2-4-17(18)21)20(26)13-11-16(24)10-12-19(22)25/h2-9H,10-13,21H2,1H3,(H2,22,25). The highest BCUT2D eigenvalue weighted by atomic mass is 16.2. The Morgan fingerprint density at radius 2 is 1.50 bits per heavy atom. The molecule has 0 aliphatic carbocycles. The summed E-state index contributed by atoms with van der Waals surface area (Å²) in [6.07, 6.45) is 0.141. The molecule has 0 bridgehead atoms. The summed E-state index contributed by atoms with van der Waals surface area (Å²) in [6, 6.07) is 14.6. The zero-order valence-corrected chi connectivity index (χ0v) is 14.8. The summed E-state index contributed by atoms with van der Waals surface area (Å²) in [5.41, 5.74) is 13.9. The van der Waals surface area contributed by atoms with Crippen LogP contribution in [-0.4, -0.2) is 17.6 Å². The molecule has 2 rings (SSSR count). The van der Waals surface area contributed by atoms with Crippen LogP contribution in [0.15, 0.2) is 48.5 Å². The molecule has 0 aliphatic heterocycles. The van der Waals surface area contributed by atoms with Crippen molar-refractivity contribution < 1.29 is 14.4 Å². The molecule has 0 fully saturated rings. The summed E-state index contributed by atoms with van der Waals surface area (Å²) in [6.45, 7) is 1.96. The Hall–Kier alpha value is -3.15. The number of carbonyl (C=O) groups excluding carboxylic acids is 3. The lowest BCUT2D eigenvalue weighted by Gasteiger charge is -2.24. The van der Waals surface area contributed by atoms with E-state index in [1.807, 2.05) is 31.2 Å². The van der Waals surface area contributed by atoms with Crippen molar-refractivity contribution in [3.05, 3.63) is 54.1 Å². The van der Waals surface area contributed by atoms with Gasteiger partial charge in [-0.3, -0.25) is 19.3 Å². The molecule has 6 nitrogen and oxygen atoms in total. The fraction of sp³-hybridized carbons (Fsp3) is 0.250. The molecule has 136 valence electrons. The lowest BCUT2D eigenvalue weighted by atomic mass is 10.1. The molecule has 0 heterocycles. The van der Waals surface area contributed by atoms with E-state index < -0.39 is 5.91 Å². The highest BCUT2D eigenvalue weighted by Crippen LogP contribution is 2.31. The zero-order valence-electron chi connectivity index (χ0n) is 14.8. The van der Waals surface area contributed by atoms with Crippen molar-refractivity contribution in [2.75, 3.05) is 10.6 Å². The molecular formula is C20H23N3O3. The highest BCUT2D eigenvalue weighted by molar-refractivity contribution is 6.04. The van der Waals surface area contributed by atoms with Gasteiger partial charge in [0.1, 0.15) is 5.78 Å². The van der Waals surface area contributed by atoms with E-state index in [0.717, 1.165) is 5.56 Å². The molecule has 0 radical (unpaired) electrons. The van der Waals surface area contributed by atoms with Crippen LogP contribution in [0.25, 0.3) is 0 Å². The van der Waals surface area contributed by atoms with Gasteiger partial charge in [-0.2, -0.15) is 0 Å². The van der Waals surface area contributed by atoms with Crippen molar-refractivity contribution in [2.45, 2.75) is 32.6 Å². The zero-order chi connectivity index (χ0) is 19.1. The first-order valence-corrected chi connectivity index (χ1v) is 8.42. The van der Waals surface area contributed by atoms with Crippen molar-refractivity contribution in [1.29, 1.82) is 0 Å². The molecule has 0 saturated heterocycles. The number of hydrogen-bond acceptors (Lipinski definition) is 4. The Balaban J connectivity index is 2.20. The van der Waals surface area contributed by atoms with Crippen LogP contribution >= 0.6 is 0 Å². The Kier molecular flexibility index (Phi) is 6.49. The van der Waals surface area contributed by atoms with Crippen LogP contribution in [-0.2, 0) is 14.4 Å². The summed E-state index contributed by atoms with van der Waals surface area (Å²) < 4.78 is 0. The molecule has 0 aromatic heterocycles. The third-order valence-electron chi connectivity index (χ3n) is 3.99. The van der Waals surface area contributed by atoms with Gasteiger partial charge >= 0.3 is 0 Å². The Bertz CT molecular complexity index is 800. The SMILES string of the molecule is Cc1ccc(N(C(=O)CCC(=O)CCC(N)=O)c2ccccc2N)cc1. The van der Waals surface area contributed by atoms with Crippen LogP contribution in [0.5, 0.6) is 0 Å². The van der Waals surface area contributed by atoms with Gasteiger partial charge < -0.3 is 11.5 Å². The van der Waals surface area contributed by atoms with E-state index in [9.17, 15) is 14.4 Å². The van der Waals surface area contributed by atoms with Gasteiger partial charge in [0.15, 0.2) is 0 Å². The van der Waals surface area contributed by atoms with Gasteiger partial charge in [-0.15, -0.1) is 0 Å². The molecule has 4 N–H and O–H groups in total. The van der Waals surface area contributed by atoms with E-state index in [1.54, 1.807) is 24.3 Å². The molecule has 26 heavy (non-hydrogen) atoms. The average molecular weight is 353 g/mol. The number of para-hydroxylation sites is 2. The number of anilines is 3. The maximum atomic E-state index is 12.9. The number of hydrogen-bond donors (Lipinski definition) is 2. The first-order valence-electron chi connectivity index (χ1n) is 8.42. The summed E-state index contributed by atoms with van der Waals surface area (Å²) in [5.74, 6) is -0.927. The second kappa shape index (κ2) is 8.80. The van der Waals surface area contributed by atoms with E-state index in [2.05, 4.69) is 0 Å². The van der Waals surface area contributed by atoms with Crippen LogP contribution in [0.2, 0.25) is 0 Å². The molecule has 2 aromatic rings. The van der Waals surface area contributed by atoms with E-state index in [1.165, 1.54) is 4.90 Å². The second-order valence-electron chi connectivity index (χ2n) is 6.13. The minimum absolute atomic E-state index is 0.000331. The number of ketones is 1. The number of Topliss-reactive ketones (excluding diaryl/α,β-unsaturated/α-hetero) is 1. The number of nitrogens with two attached hydrogens (primary N) is 2. The smallest absolute Gasteiger partial charge is 0.232 e. The molecule has 6 heteroatoms.